The van der Waals surface area contributed by atoms with Crippen molar-refractivity contribution in [3.05, 3.63) is 90.5 Å². The summed E-state index contributed by atoms with van der Waals surface area (Å²) in [5.41, 5.74) is 0.767. The summed E-state index contributed by atoms with van der Waals surface area (Å²) in [5.74, 6) is -1.52. The number of ether oxygens (including phenoxy) is 3. The van der Waals surface area contributed by atoms with Crippen molar-refractivity contribution >= 4 is 44.7 Å². The molecule has 4 amide bonds. The van der Waals surface area contributed by atoms with E-state index in [0.29, 0.717) is 62.3 Å². The summed E-state index contributed by atoms with van der Waals surface area (Å²) in [4.78, 5) is 64.5. The molecule has 1 aromatic heterocycles. The Hall–Kier alpha value is -5.44. The van der Waals surface area contributed by atoms with Crippen LogP contribution in [0.2, 0.25) is 0 Å². The van der Waals surface area contributed by atoms with Crippen LogP contribution in [0.15, 0.2) is 79.4 Å². The number of sulfonamides is 1. The van der Waals surface area contributed by atoms with Gasteiger partial charge in [-0.25, -0.2) is 18.2 Å². The summed E-state index contributed by atoms with van der Waals surface area (Å²) in [7, 11) is -4.03. The van der Waals surface area contributed by atoms with Gasteiger partial charge in [-0.2, -0.15) is 0 Å². The first-order valence-corrected chi connectivity index (χ1v) is 25.1. The SMILES string of the molecule is C=CC1CCC1(NC(=O)C1CC2CN1C(=O)C(C1CCCC1)NC(=O)OC1CCCC1CCC=CCc1c(nc3ccccc3c1OCc1ccccc1)O2)C(=O)NS(=O)(=O)C1(C)CC1. The zero-order valence-electron chi connectivity index (χ0n) is 37.2. The lowest BCUT2D eigenvalue weighted by Crippen LogP contribution is -2.70. The van der Waals surface area contributed by atoms with Crippen LogP contribution < -0.4 is 24.8 Å². The van der Waals surface area contributed by atoms with E-state index in [4.69, 9.17) is 19.2 Å². The van der Waals surface area contributed by atoms with Crippen LogP contribution in [0.3, 0.4) is 0 Å². The van der Waals surface area contributed by atoms with Gasteiger partial charge >= 0.3 is 6.09 Å². The fourth-order valence-corrected chi connectivity index (χ4v) is 12.0. The molecule has 3 N–H and O–H groups in total. The van der Waals surface area contributed by atoms with Gasteiger partial charge in [0, 0.05) is 17.7 Å². The van der Waals surface area contributed by atoms with E-state index in [1.54, 1.807) is 13.0 Å². The molecule has 2 bridgehead atoms. The van der Waals surface area contributed by atoms with E-state index in [1.165, 1.54) is 4.90 Å². The first-order chi connectivity index (χ1) is 31.4. The Balaban J connectivity index is 1.09. The molecule has 7 atom stereocenters. The van der Waals surface area contributed by atoms with Crippen molar-refractivity contribution in [2.75, 3.05) is 6.54 Å². The minimum atomic E-state index is -4.03. The summed E-state index contributed by atoms with van der Waals surface area (Å²) in [6.45, 7) is 5.79. The number of hydrogen-bond acceptors (Lipinski definition) is 10. The molecule has 6 aliphatic rings. The molecule has 15 heteroatoms. The highest BCUT2D eigenvalue weighted by Gasteiger charge is 2.58. The Labute approximate surface area is 381 Å². The highest BCUT2D eigenvalue weighted by atomic mass is 32.2. The van der Waals surface area contributed by atoms with Crippen LogP contribution in [-0.4, -0.2) is 83.2 Å². The maximum atomic E-state index is 15.2. The molecule has 1 saturated heterocycles. The molecule has 3 aromatic rings. The number of benzene rings is 2. The molecule has 346 valence electrons. The lowest BCUT2D eigenvalue weighted by molar-refractivity contribution is -0.145. The average Bonchev–Trinajstić information content (AvgIpc) is 3.63. The van der Waals surface area contributed by atoms with E-state index in [0.717, 1.165) is 61.5 Å². The average molecular weight is 908 g/mol. The van der Waals surface area contributed by atoms with Crippen molar-refractivity contribution in [3.8, 4) is 11.6 Å². The Morgan fingerprint density at radius 1 is 0.938 bits per heavy atom. The molecular formula is C50H61N5O9S. The summed E-state index contributed by atoms with van der Waals surface area (Å²) in [5, 5.41) is 6.76. The van der Waals surface area contributed by atoms with Gasteiger partial charge in [-0.15, -0.1) is 6.58 Å². The van der Waals surface area contributed by atoms with Crippen molar-refractivity contribution in [3.63, 3.8) is 0 Å². The van der Waals surface area contributed by atoms with E-state index < -0.39 is 68.2 Å². The molecule has 14 nitrogen and oxygen atoms in total. The third kappa shape index (κ3) is 9.09. The fourth-order valence-electron chi connectivity index (χ4n) is 10.7. The zero-order valence-corrected chi connectivity index (χ0v) is 38.0. The minimum absolute atomic E-state index is 0.0254. The van der Waals surface area contributed by atoms with Crippen molar-refractivity contribution in [2.24, 2.45) is 17.8 Å². The first-order valence-electron chi connectivity index (χ1n) is 23.6. The van der Waals surface area contributed by atoms with Crippen molar-refractivity contribution in [2.45, 2.75) is 144 Å². The number of nitrogens with one attached hydrogen (secondary N) is 3. The van der Waals surface area contributed by atoms with Gasteiger partial charge in [-0.05, 0) is 114 Å². The molecule has 2 aromatic carbocycles. The summed E-state index contributed by atoms with van der Waals surface area (Å²) in [6, 6.07) is 15.5. The zero-order chi connectivity index (χ0) is 45.3. The number of carbonyl (C=O) groups is 4. The first kappa shape index (κ1) is 44.7. The highest BCUT2D eigenvalue weighted by Crippen LogP contribution is 2.45. The maximum absolute atomic E-state index is 15.2. The number of alkyl carbamates (subject to hydrolysis) is 1. The van der Waals surface area contributed by atoms with E-state index in [9.17, 15) is 22.8 Å². The second-order valence-corrected chi connectivity index (χ2v) is 21.5. The third-order valence-corrected chi connectivity index (χ3v) is 17.2. The standard InChI is InChI=1S/C50H61N5O9S/c1-3-35-25-26-50(35,47(58)54-65(60,61)49(2)27-28-49)53-44(56)40-29-36-30-55(40)46(57)42(34-18-10-11-19-34)52-48(59)64-41-24-14-20-33(41)17-8-5-9-22-38-43(62-31-32-15-6-4-7-16-32)37-21-12-13-23-39(37)51-45(38)63-36/h3-7,9,12-13,15-16,21,23,33-36,40-42H,1,8,10-11,14,17-20,22,24-31H2,2H3,(H,52,59)(H,53,56)(H,54,58). The second kappa shape index (κ2) is 18.4. The predicted molar refractivity (Wildman–Crippen MR) is 244 cm³/mol. The highest BCUT2D eigenvalue weighted by molar-refractivity contribution is 7.91. The predicted octanol–water partition coefficient (Wildman–Crippen LogP) is 6.96. The second-order valence-electron chi connectivity index (χ2n) is 19.3. The normalized spacial score (nSPS) is 29.2. The third-order valence-electron chi connectivity index (χ3n) is 15.1. The molecule has 4 saturated carbocycles. The molecular weight excluding hydrogens is 847 g/mol. The van der Waals surface area contributed by atoms with Crippen LogP contribution in [0.25, 0.3) is 10.9 Å². The van der Waals surface area contributed by atoms with E-state index in [-0.39, 0.29) is 37.3 Å². The Kier molecular flexibility index (Phi) is 12.7. The number of nitrogens with zero attached hydrogens (tertiary/aromatic N) is 2. The van der Waals surface area contributed by atoms with Gasteiger partial charge in [0.15, 0.2) is 0 Å². The molecule has 0 radical (unpaired) electrons. The van der Waals surface area contributed by atoms with Crippen LogP contribution in [0.1, 0.15) is 108 Å². The van der Waals surface area contributed by atoms with E-state index >= 15 is 4.79 Å². The van der Waals surface area contributed by atoms with Gasteiger partial charge in [-0.1, -0.05) is 73.5 Å². The fraction of sp³-hybridized carbons (Fsp3) is 0.540. The molecule has 65 heavy (non-hydrogen) atoms. The van der Waals surface area contributed by atoms with Crippen molar-refractivity contribution < 1.29 is 41.8 Å². The van der Waals surface area contributed by atoms with Gasteiger partial charge in [0.25, 0.3) is 5.91 Å². The minimum Gasteiger partial charge on any atom is -0.488 e. The van der Waals surface area contributed by atoms with E-state index in [2.05, 4.69) is 34.1 Å². The van der Waals surface area contributed by atoms with Crippen molar-refractivity contribution in [1.29, 1.82) is 0 Å². The topological polar surface area (TPSA) is 182 Å². The van der Waals surface area contributed by atoms with Gasteiger partial charge in [0.1, 0.15) is 42.2 Å². The molecule has 9 rings (SSSR count). The maximum Gasteiger partial charge on any atom is 0.408 e. The molecule has 7 unspecified atom stereocenters. The van der Waals surface area contributed by atoms with Crippen molar-refractivity contribution in [1.82, 2.24) is 25.2 Å². The smallest absolute Gasteiger partial charge is 0.408 e. The van der Waals surface area contributed by atoms with Gasteiger partial charge in [0.05, 0.1) is 22.4 Å². The number of rotatable bonds is 10. The molecule has 3 heterocycles. The number of hydrogen-bond donors (Lipinski definition) is 3. The van der Waals surface area contributed by atoms with Gasteiger partial charge in [-0.3, -0.25) is 19.1 Å². The lowest BCUT2D eigenvalue weighted by Gasteiger charge is -2.47. The quantitative estimate of drug-likeness (QED) is 0.180. The van der Waals surface area contributed by atoms with Crippen LogP contribution in [0.5, 0.6) is 11.6 Å². The molecule has 2 aliphatic heterocycles. The number of para-hydroxylation sites is 1. The van der Waals surface area contributed by atoms with Crippen LogP contribution in [0.4, 0.5) is 4.79 Å². The number of allylic oxidation sites excluding steroid dienone is 2. The van der Waals surface area contributed by atoms with Gasteiger partial charge in [0.2, 0.25) is 27.7 Å². The summed E-state index contributed by atoms with van der Waals surface area (Å²) in [6.07, 6.45) is 13.6. The van der Waals surface area contributed by atoms with Gasteiger partial charge < -0.3 is 29.7 Å². The molecule has 5 fully saturated rings. The molecule has 0 spiro atoms. The monoisotopic (exact) mass is 907 g/mol. The largest absolute Gasteiger partial charge is 0.488 e. The number of pyridine rings is 1. The Morgan fingerprint density at radius 3 is 2.43 bits per heavy atom. The van der Waals surface area contributed by atoms with E-state index in [1.807, 2.05) is 54.6 Å². The molecule has 4 aliphatic carbocycles. The number of fused-ring (bicyclic) bond motifs is 5. The van der Waals surface area contributed by atoms with Crippen LogP contribution in [0, 0.1) is 17.8 Å². The number of carbonyl (C=O) groups excluding carboxylic acids is 4. The summed E-state index contributed by atoms with van der Waals surface area (Å²) >= 11 is 0. The van der Waals surface area contributed by atoms with Crippen LogP contribution >= 0.6 is 0 Å². The number of amides is 4. The Bertz CT molecular complexity index is 2450. The number of aromatic nitrogens is 1. The lowest BCUT2D eigenvalue weighted by atomic mass is 9.66. The summed E-state index contributed by atoms with van der Waals surface area (Å²) < 4.78 is 47.6. The van der Waals surface area contributed by atoms with Crippen LogP contribution in [-0.2, 0) is 42.2 Å². The Morgan fingerprint density at radius 2 is 1.69 bits per heavy atom.